The Labute approximate surface area is 227 Å². The maximum Gasteiger partial charge on any atom is 0.310 e. The number of oxazole rings is 1. The van der Waals surface area contributed by atoms with Crippen LogP contribution in [0.25, 0.3) is 0 Å². The van der Waals surface area contributed by atoms with Crippen LogP contribution in [0.2, 0.25) is 0 Å². The third-order valence-electron chi connectivity index (χ3n) is 6.84. The van der Waals surface area contributed by atoms with Crippen LogP contribution in [0, 0.1) is 5.92 Å². The molecule has 0 N–H and O–H groups in total. The topological polar surface area (TPSA) is 104 Å². The van der Waals surface area contributed by atoms with Crippen molar-refractivity contribution in [2.75, 3.05) is 33.6 Å². The highest BCUT2D eigenvalue weighted by molar-refractivity contribution is 5.92. The number of nitrogens with zero attached hydrogens (tertiary/aromatic N) is 3. The van der Waals surface area contributed by atoms with Crippen LogP contribution in [-0.4, -0.2) is 60.3 Å². The molecule has 5 rings (SSSR count). The highest BCUT2D eigenvalue weighted by atomic mass is 16.7. The summed E-state index contributed by atoms with van der Waals surface area (Å²) >= 11 is 0. The fraction of sp³-hybridized carbons (Fsp3) is 0.414. The van der Waals surface area contributed by atoms with Gasteiger partial charge in [0.15, 0.2) is 17.2 Å². The van der Waals surface area contributed by atoms with E-state index in [0.29, 0.717) is 51.6 Å². The molecular weight excluding hydrogens is 502 g/mol. The molecule has 1 aromatic heterocycles. The number of fused-ring (bicyclic) bond motifs is 1. The molecule has 0 aliphatic carbocycles. The fourth-order valence-electron chi connectivity index (χ4n) is 4.94. The molecule has 3 aromatic rings. The van der Waals surface area contributed by atoms with E-state index in [4.69, 9.17) is 23.4 Å². The number of likely N-dealkylation sites (tertiary alicyclic amines) is 1. The maximum absolute atomic E-state index is 13.2. The fourth-order valence-corrected chi connectivity index (χ4v) is 4.94. The number of hydrogen-bond acceptors (Lipinski definition) is 9. The van der Waals surface area contributed by atoms with Crippen LogP contribution in [0.3, 0.4) is 0 Å². The molecule has 0 saturated carbocycles. The van der Waals surface area contributed by atoms with Crippen molar-refractivity contribution >= 4 is 11.9 Å². The molecule has 0 unspecified atom stereocenters. The van der Waals surface area contributed by atoms with E-state index >= 15 is 0 Å². The van der Waals surface area contributed by atoms with Crippen molar-refractivity contribution in [3.63, 3.8) is 0 Å². The molecule has 3 heterocycles. The highest BCUT2D eigenvalue weighted by Crippen LogP contribution is 2.33. The number of aromatic nitrogens is 1. The van der Waals surface area contributed by atoms with Gasteiger partial charge in [0.25, 0.3) is 5.91 Å². The molecular formula is C29H33N3O7. The minimum Gasteiger partial charge on any atom is -0.497 e. The molecule has 2 aliphatic heterocycles. The van der Waals surface area contributed by atoms with Crippen LogP contribution in [0.15, 0.2) is 53.1 Å². The summed E-state index contributed by atoms with van der Waals surface area (Å²) in [6, 6.07) is 13.8. The number of ether oxygens (including phenoxy) is 4. The largest absolute Gasteiger partial charge is 0.497 e. The average molecular weight is 536 g/mol. The number of benzene rings is 2. The van der Waals surface area contributed by atoms with E-state index in [1.165, 1.54) is 6.26 Å². The second-order valence-electron chi connectivity index (χ2n) is 9.65. The lowest BCUT2D eigenvalue weighted by Crippen LogP contribution is -2.43. The number of piperidine rings is 1. The second kappa shape index (κ2) is 12.2. The summed E-state index contributed by atoms with van der Waals surface area (Å²) in [7, 11) is 1.64. The molecule has 0 radical (unpaired) electrons. The van der Waals surface area contributed by atoms with Gasteiger partial charge in [-0.3, -0.25) is 14.5 Å². The Bertz CT molecular complexity index is 1310. The van der Waals surface area contributed by atoms with Gasteiger partial charge in [-0.2, -0.15) is 0 Å². The number of methoxy groups -OCH3 is 1. The first-order chi connectivity index (χ1) is 19.0. The van der Waals surface area contributed by atoms with Crippen LogP contribution in [0.5, 0.6) is 17.2 Å². The molecule has 1 amide bonds. The van der Waals surface area contributed by atoms with Crippen molar-refractivity contribution in [2.24, 2.45) is 5.92 Å². The van der Waals surface area contributed by atoms with E-state index in [1.54, 1.807) is 18.9 Å². The first-order valence-electron chi connectivity index (χ1n) is 13.2. The molecule has 1 atom stereocenters. The number of carbonyl (C=O) groups excluding carboxylic acids is 2. The molecule has 1 fully saturated rings. The van der Waals surface area contributed by atoms with Gasteiger partial charge in [0.05, 0.1) is 26.2 Å². The Morgan fingerprint density at radius 3 is 2.72 bits per heavy atom. The van der Waals surface area contributed by atoms with Crippen molar-refractivity contribution in [1.29, 1.82) is 0 Å². The first kappa shape index (κ1) is 26.6. The van der Waals surface area contributed by atoms with Crippen LogP contribution in [0.1, 0.15) is 47.3 Å². The van der Waals surface area contributed by atoms with Crippen molar-refractivity contribution in [3.8, 4) is 17.2 Å². The maximum atomic E-state index is 13.2. The molecule has 0 spiro atoms. The third-order valence-corrected chi connectivity index (χ3v) is 6.84. The minimum absolute atomic E-state index is 0.219. The van der Waals surface area contributed by atoms with E-state index < -0.39 is 0 Å². The van der Waals surface area contributed by atoms with E-state index in [2.05, 4.69) is 9.88 Å². The Morgan fingerprint density at radius 1 is 1.08 bits per heavy atom. The summed E-state index contributed by atoms with van der Waals surface area (Å²) < 4.78 is 27.3. The van der Waals surface area contributed by atoms with Crippen molar-refractivity contribution in [1.82, 2.24) is 14.8 Å². The molecule has 39 heavy (non-hydrogen) atoms. The van der Waals surface area contributed by atoms with Gasteiger partial charge in [-0.25, -0.2) is 4.98 Å². The Hall–Kier alpha value is -4.05. The lowest BCUT2D eigenvalue weighted by molar-refractivity contribution is -0.149. The van der Waals surface area contributed by atoms with Gasteiger partial charge in [-0.1, -0.05) is 18.2 Å². The Kier molecular flexibility index (Phi) is 8.31. The van der Waals surface area contributed by atoms with Gasteiger partial charge in [-0.15, -0.1) is 0 Å². The highest BCUT2D eigenvalue weighted by Gasteiger charge is 2.31. The van der Waals surface area contributed by atoms with Gasteiger partial charge < -0.3 is 28.3 Å². The molecule has 1 saturated heterocycles. The number of carbonyl (C=O) groups is 2. The lowest BCUT2D eigenvalue weighted by atomic mass is 9.98. The molecule has 0 bridgehead atoms. The number of rotatable bonds is 10. The van der Waals surface area contributed by atoms with E-state index in [0.717, 1.165) is 34.8 Å². The molecule has 2 aliphatic rings. The van der Waals surface area contributed by atoms with Crippen molar-refractivity contribution < 1.29 is 33.0 Å². The number of amides is 1. The predicted octanol–water partition coefficient (Wildman–Crippen LogP) is 4.03. The number of esters is 1. The van der Waals surface area contributed by atoms with E-state index in [9.17, 15) is 9.59 Å². The third kappa shape index (κ3) is 6.51. The Balaban J connectivity index is 1.30. The molecule has 2 aromatic carbocycles. The molecule has 206 valence electrons. The van der Waals surface area contributed by atoms with Gasteiger partial charge in [-0.05, 0) is 55.2 Å². The van der Waals surface area contributed by atoms with Crippen molar-refractivity contribution in [2.45, 2.75) is 39.4 Å². The summed E-state index contributed by atoms with van der Waals surface area (Å²) in [5, 5.41) is 0. The summed E-state index contributed by atoms with van der Waals surface area (Å²) in [5.74, 6) is 1.86. The summed E-state index contributed by atoms with van der Waals surface area (Å²) in [6.07, 6.45) is 2.85. The lowest BCUT2D eigenvalue weighted by Gasteiger charge is -2.30. The summed E-state index contributed by atoms with van der Waals surface area (Å²) in [4.78, 5) is 33.7. The quantitative estimate of drug-likeness (QED) is 0.356. The number of hydrogen-bond donors (Lipinski definition) is 0. The zero-order chi connectivity index (χ0) is 27.2. The zero-order valence-corrected chi connectivity index (χ0v) is 22.3. The average Bonchev–Trinajstić information content (AvgIpc) is 3.62. The molecule has 10 heteroatoms. The SMILES string of the molecule is CCOC(=O)[C@@H]1CCCN(C(=O)c2coc(CN(Cc3cccc(OC)c3)Cc3ccc4c(c3)OCO4)n2)C1. The normalized spacial score (nSPS) is 16.4. The van der Waals surface area contributed by atoms with Gasteiger partial charge in [0.1, 0.15) is 12.0 Å². The van der Waals surface area contributed by atoms with Gasteiger partial charge in [0, 0.05) is 26.2 Å². The summed E-state index contributed by atoms with van der Waals surface area (Å²) in [5.41, 5.74) is 2.35. The first-order valence-corrected chi connectivity index (χ1v) is 13.2. The second-order valence-corrected chi connectivity index (χ2v) is 9.65. The van der Waals surface area contributed by atoms with Crippen molar-refractivity contribution in [3.05, 3.63) is 71.4 Å². The minimum atomic E-state index is -0.311. The van der Waals surface area contributed by atoms with Gasteiger partial charge in [0.2, 0.25) is 12.7 Å². The monoisotopic (exact) mass is 535 g/mol. The van der Waals surface area contributed by atoms with Gasteiger partial charge >= 0.3 is 5.97 Å². The van der Waals surface area contributed by atoms with E-state index in [1.807, 2.05) is 42.5 Å². The van der Waals surface area contributed by atoms with Crippen LogP contribution in [-0.2, 0) is 29.2 Å². The summed E-state index contributed by atoms with van der Waals surface area (Å²) in [6.45, 7) is 4.80. The zero-order valence-electron chi connectivity index (χ0n) is 22.3. The van der Waals surface area contributed by atoms with E-state index in [-0.39, 0.29) is 30.3 Å². The predicted molar refractivity (Wildman–Crippen MR) is 140 cm³/mol. The van der Waals surface area contributed by atoms with Crippen LogP contribution < -0.4 is 14.2 Å². The van der Waals surface area contributed by atoms with Crippen LogP contribution >= 0.6 is 0 Å². The molecule has 10 nitrogen and oxygen atoms in total. The van der Waals surface area contributed by atoms with Crippen LogP contribution in [0.4, 0.5) is 0 Å². The standard InChI is InChI=1S/C29H33N3O7/c1-3-36-29(34)22-7-5-11-32(16-22)28(33)24-18-37-27(30-24)17-31(14-20-6-4-8-23(12-20)35-2)15-21-9-10-25-26(13-21)39-19-38-25/h4,6,8-10,12-13,18,22H,3,5,7,11,14-17,19H2,1-2H3/t22-/m1/s1. The Morgan fingerprint density at radius 2 is 1.90 bits per heavy atom. The smallest absolute Gasteiger partial charge is 0.310 e.